The molecule has 172 valence electrons. The van der Waals surface area contributed by atoms with Crippen molar-refractivity contribution in [1.82, 2.24) is 4.90 Å². The number of piperidine rings is 1. The number of rotatable bonds is 4. The number of ether oxygens (including phenoxy) is 1. The molecule has 0 saturated carbocycles. The first-order chi connectivity index (χ1) is 14.0. The van der Waals surface area contributed by atoms with Gasteiger partial charge < -0.3 is 20.6 Å². The lowest BCUT2D eigenvalue weighted by atomic mass is 9.89. The van der Waals surface area contributed by atoms with Crippen molar-refractivity contribution in [3.8, 4) is 11.5 Å². The van der Waals surface area contributed by atoms with Crippen LogP contribution in [0.5, 0.6) is 11.5 Å². The highest BCUT2D eigenvalue weighted by Crippen LogP contribution is 2.34. The van der Waals surface area contributed by atoms with Crippen molar-refractivity contribution in [2.24, 2.45) is 4.40 Å². The van der Waals surface area contributed by atoms with Gasteiger partial charge in [0, 0.05) is 37.2 Å². The largest absolute Gasteiger partial charge is 0.457 e. The summed E-state index contributed by atoms with van der Waals surface area (Å²) in [7, 11) is 0. The Labute approximate surface area is 187 Å². The molecule has 4 N–H and O–H groups in total. The van der Waals surface area contributed by atoms with Gasteiger partial charge in [0.2, 0.25) is 0 Å². The van der Waals surface area contributed by atoms with Crippen LogP contribution in [0.3, 0.4) is 0 Å². The van der Waals surface area contributed by atoms with E-state index in [9.17, 15) is 8.78 Å². The lowest BCUT2D eigenvalue weighted by molar-refractivity contribution is 0.0174. The number of halogens is 2. The van der Waals surface area contributed by atoms with Crippen LogP contribution in [0.4, 0.5) is 8.78 Å². The molecule has 2 heterocycles. The van der Waals surface area contributed by atoms with Crippen molar-refractivity contribution in [3.63, 3.8) is 0 Å². The molecule has 2 aromatic rings. The van der Waals surface area contributed by atoms with Gasteiger partial charge in [0.15, 0.2) is 0 Å². The molecule has 0 radical (unpaired) electrons. The van der Waals surface area contributed by atoms with Gasteiger partial charge in [-0.1, -0.05) is 26.0 Å². The SMILES string of the molecule is CC.CC(F)(F)c1ccc(Oc2ccc(C3CCCN4CCSN=C34)cc2)cc1.O.O. The first kappa shape index (κ1) is 26.9. The predicted molar refractivity (Wildman–Crippen MR) is 125 cm³/mol. The average Bonchev–Trinajstić information content (AvgIpc) is 2.75. The van der Waals surface area contributed by atoms with Gasteiger partial charge in [0.1, 0.15) is 17.3 Å². The molecule has 5 nitrogen and oxygen atoms in total. The number of hydrogen-bond donors (Lipinski definition) is 0. The van der Waals surface area contributed by atoms with Crippen LogP contribution in [-0.4, -0.2) is 40.5 Å². The Bertz CT molecular complexity index is 824. The van der Waals surface area contributed by atoms with E-state index in [2.05, 4.69) is 17.0 Å². The maximum absolute atomic E-state index is 13.3. The van der Waals surface area contributed by atoms with Gasteiger partial charge in [0.25, 0.3) is 5.92 Å². The Kier molecular flexibility index (Phi) is 10.4. The quantitative estimate of drug-likeness (QED) is 0.594. The van der Waals surface area contributed by atoms with Crippen molar-refractivity contribution in [2.75, 3.05) is 18.8 Å². The van der Waals surface area contributed by atoms with Crippen LogP contribution in [0, 0.1) is 0 Å². The maximum Gasteiger partial charge on any atom is 0.270 e. The third-order valence-electron chi connectivity index (χ3n) is 5.05. The normalized spacial score (nSPS) is 17.6. The third kappa shape index (κ3) is 6.66. The fourth-order valence-corrected chi connectivity index (χ4v) is 4.36. The smallest absolute Gasteiger partial charge is 0.270 e. The predicted octanol–water partition coefficient (Wildman–Crippen LogP) is 5.21. The van der Waals surface area contributed by atoms with E-state index in [0.29, 0.717) is 17.4 Å². The van der Waals surface area contributed by atoms with Crippen LogP contribution in [0.25, 0.3) is 0 Å². The Balaban J connectivity index is 0.00000117. The molecule has 2 aromatic carbocycles. The van der Waals surface area contributed by atoms with E-state index in [-0.39, 0.29) is 16.5 Å². The van der Waals surface area contributed by atoms with Gasteiger partial charge in [-0.15, -0.1) is 0 Å². The number of benzene rings is 2. The van der Waals surface area contributed by atoms with E-state index in [4.69, 9.17) is 9.13 Å². The molecule has 2 aliphatic heterocycles. The van der Waals surface area contributed by atoms with E-state index in [1.54, 1.807) is 24.1 Å². The molecule has 8 heteroatoms. The summed E-state index contributed by atoms with van der Waals surface area (Å²) in [5.74, 6) is 1.00. The summed E-state index contributed by atoms with van der Waals surface area (Å²) < 4.78 is 37.1. The molecule has 0 amide bonds. The van der Waals surface area contributed by atoms with Gasteiger partial charge >= 0.3 is 0 Å². The number of hydrogen-bond acceptors (Lipinski definition) is 4. The van der Waals surface area contributed by atoms with E-state index in [1.807, 2.05) is 26.0 Å². The number of nitrogens with zero attached hydrogens (tertiary/aromatic N) is 2. The molecule has 31 heavy (non-hydrogen) atoms. The molecule has 0 spiro atoms. The fraction of sp³-hybridized carbons (Fsp3) is 0.435. The second-order valence-corrected chi connectivity index (χ2v) is 7.90. The zero-order valence-electron chi connectivity index (χ0n) is 18.2. The zero-order valence-corrected chi connectivity index (χ0v) is 19.0. The van der Waals surface area contributed by atoms with Crippen molar-refractivity contribution < 1.29 is 24.5 Å². The van der Waals surface area contributed by atoms with E-state index < -0.39 is 5.92 Å². The number of alkyl halides is 2. The van der Waals surface area contributed by atoms with Gasteiger partial charge in [-0.2, -0.15) is 0 Å². The topological polar surface area (TPSA) is 87.8 Å². The monoisotopic (exact) mass is 454 g/mol. The second kappa shape index (κ2) is 12.0. The second-order valence-electron chi connectivity index (χ2n) is 7.05. The van der Waals surface area contributed by atoms with Crippen LogP contribution in [0.1, 0.15) is 50.7 Å². The van der Waals surface area contributed by atoms with Crippen molar-refractivity contribution in [3.05, 3.63) is 59.7 Å². The van der Waals surface area contributed by atoms with Gasteiger partial charge in [-0.05, 0) is 66.8 Å². The number of fused-ring (bicyclic) bond motifs is 1. The molecule has 2 aliphatic rings. The van der Waals surface area contributed by atoms with Crippen LogP contribution in [-0.2, 0) is 5.92 Å². The minimum atomic E-state index is -2.84. The molecule has 1 atom stereocenters. The van der Waals surface area contributed by atoms with Gasteiger partial charge in [-0.3, -0.25) is 0 Å². The van der Waals surface area contributed by atoms with Crippen LogP contribution >= 0.6 is 11.9 Å². The van der Waals surface area contributed by atoms with E-state index in [0.717, 1.165) is 32.2 Å². The summed E-state index contributed by atoms with van der Waals surface area (Å²) in [4.78, 5) is 2.40. The summed E-state index contributed by atoms with van der Waals surface area (Å²) in [5.41, 5.74) is 1.23. The Morgan fingerprint density at radius 1 is 0.968 bits per heavy atom. The Morgan fingerprint density at radius 3 is 2.13 bits per heavy atom. The highest BCUT2D eigenvalue weighted by Gasteiger charge is 2.29. The molecule has 0 bridgehead atoms. The first-order valence-corrected chi connectivity index (χ1v) is 11.2. The highest BCUT2D eigenvalue weighted by atomic mass is 32.2. The maximum atomic E-state index is 13.3. The van der Waals surface area contributed by atoms with E-state index in [1.165, 1.54) is 30.0 Å². The van der Waals surface area contributed by atoms with Crippen molar-refractivity contribution in [1.29, 1.82) is 0 Å². The summed E-state index contributed by atoms with van der Waals surface area (Å²) in [6.45, 7) is 7.07. The van der Waals surface area contributed by atoms with Crippen LogP contribution < -0.4 is 4.74 Å². The van der Waals surface area contributed by atoms with Crippen LogP contribution in [0.2, 0.25) is 0 Å². The van der Waals surface area contributed by atoms with Crippen molar-refractivity contribution in [2.45, 2.75) is 45.5 Å². The first-order valence-electron chi connectivity index (χ1n) is 10.2. The van der Waals surface area contributed by atoms with Crippen LogP contribution in [0.15, 0.2) is 52.9 Å². The van der Waals surface area contributed by atoms with Gasteiger partial charge in [-0.25, -0.2) is 13.2 Å². The Hall–Kier alpha value is -2.16. The summed E-state index contributed by atoms with van der Waals surface area (Å²) >= 11 is 1.65. The summed E-state index contributed by atoms with van der Waals surface area (Å²) in [6, 6.07) is 14.0. The third-order valence-corrected chi connectivity index (χ3v) is 5.73. The summed E-state index contributed by atoms with van der Waals surface area (Å²) in [5, 5.41) is 0. The number of amidine groups is 1. The molecule has 0 aliphatic carbocycles. The fourth-order valence-electron chi connectivity index (χ4n) is 3.60. The standard InChI is InChI=1S/C21H22F2N2OS.C2H6.2H2O/c1-21(22,23)16-6-10-18(11-7-16)26-17-8-4-15(5-9-17)19-3-2-12-25-13-14-27-24-20(19)25;1-2;;/h4-11,19H,2-3,12-14H2,1H3;1-2H3;2*1H2. The molecular weight excluding hydrogens is 422 g/mol. The minimum absolute atomic E-state index is 0. The summed E-state index contributed by atoms with van der Waals surface area (Å²) in [6.07, 6.45) is 2.30. The highest BCUT2D eigenvalue weighted by molar-refractivity contribution is 7.98. The average molecular weight is 455 g/mol. The Morgan fingerprint density at radius 2 is 1.55 bits per heavy atom. The van der Waals surface area contributed by atoms with E-state index >= 15 is 0 Å². The molecule has 1 fully saturated rings. The lowest BCUT2D eigenvalue weighted by Crippen LogP contribution is -2.42. The molecule has 4 rings (SSSR count). The lowest BCUT2D eigenvalue weighted by Gasteiger charge is -2.37. The minimum Gasteiger partial charge on any atom is -0.457 e. The molecule has 1 saturated heterocycles. The molecule has 1 unspecified atom stereocenters. The van der Waals surface area contributed by atoms with Gasteiger partial charge in [0.05, 0.1) is 0 Å². The molecular formula is C23H32F2N2O3S. The van der Waals surface area contributed by atoms with Crippen molar-refractivity contribution >= 4 is 17.8 Å². The zero-order chi connectivity index (χ0) is 20.9. The molecule has 0 aromatic heterocycles.